The van der Waals surface area contributed by atoms with Crippen molar-refractivity contribution >= 4 is 11.6 Å². The molecular weight excluding hydrogens is 339 g/mol. The lowest BCUT2D eigenvalue weighted by Gasteiger charge is -2.15. The minimum Gasteiger partial charge on any atom is -0.305 e. The molecule has 0 aliphatic rings. The first-order valence-electron chi connectivity index (χ1n) is 6.58. The van der Waals surface area contributed by atoms with Crippen LogP contribution in [0.1, 0.15) is 29.8 Å². The van der Waals surface area contributed by atoms with E-state index in [9.17, 15) is 22.0 Å². The second-order valence-corrected chi connectivity index (χ2v) is 5.33. The number of nitrogens with one attached hydrogen (secondary N) is 1. The van der Waals surface area contributed by atoms with Crippen molar-refractivity contribution in [2.75, 3.05) is 0 Å². The average molecular weight is 351 g/mol. The maximum absolute atomic E-state index is 13.2. The van der Waals surface area contributed by atoms with Crippen LogP contribution in [0, 0.1) is 11.6 Å². The second-order valence-electron chi connectivity index (χ2n) is 4.93. The molecule has 1 heterocycles. The topological polar surface area (TPSA) is 24.9 Å². The molecule has 1 unspecified atom stereocenters. The fourth-order valence-corrected chi connectivity index (χ4v) is 2.13. The minimum absolute atomic E-state index is 0.0805. The molecule has 0 aliphatic heterocycles. The van der Waals surface area contributed by atoms with E-state index < -0.39 is 23.4 Å². The molecule has 2 rings (SSSR count). The lowest BCUT2D eigenvalue weighted by Crippen LogP contribution is -2.19. The molecule has 2 nitrogen and oxygen atoms in total. The molecule has 23 heavy (non-hydrogen) atoms. The molecule has 1 aromatic heterocycles. The summed E-state index contributed by atoms with van der Waals surface area (Å²) in [5.41, 5.74) is -0.207. The summed E-state index contributed by atoms with van der Waals surface area (Å²) in [5, 5.41) is 2.82. The molecule has 0 amide bonds. The first-order valence-corrected chi connectivity index (χ1v) is 6.96. The molecular formula is C15H12ClF5N2. The number of aromatic nitrogens is 1. The monoisotopic (exact) mass is 350 g/mol. The summed E-state index contributed by atoms with van der Waals surface area (Å²) in [7, 11) is 0. The maximum atomic E-state index is 13.2. The fraction of sp³-hybridized carbons (Fsp3) is 0.267. The molecule has 0 aliphatic carbocycles. The van der Waals surface area contributed by atoms with Crippen molar-refractivity contribution in [3.05, 3.63) is 63.9 Å². The predicted octanol–water partition coefficient (Wildman–Crippen LogP) is 4.88. The molecule has 124 valence electrons. The summed E-state index contributed by atoms with van der Waals surface area (Å²) < 4.78 is 63.6. The van der Waals surface area contributed by atoms with Gasteiger partial charge in [-0.05, 0) is 30.7 Å². The Morgan fingerprint density at radius 1 is 1.17 bits per heavy atom. The Kier molecular flexibility index (Phi) is 5.21. The Hall–Kier alpha value is -1.73. The third kappa shape index (κ3) is 4.39. The zero-order valence-electron chi connectivity index (χ0n) is 11.9. The zero-order valence-corrected chi connectivity index (χ0v) is 12.6. The van der Waals surface area contributed by atoms with E-state index in [1.165, 1.54) is 6.07 Å². The standard InChI is InChI=1S/C15H12ClF5N2/c1-8(9-2-3-12(17)13(18)4-9)22-7-14-11(16)5-10(6-23-14)15(19,20)21/h2-6,8,22H,7H2,1H3. The van der Waals surface area contributed by atoms with E-state index >= 15 is 0 Å². The van der Waals surface area contributed by atoms with Gasteiger partial charge in [0, 0.05) is 18.8 Å². The summed E-state index contributed by atoms with van der Waals surface area (Å²) >= 11 is 5.80. The van der Waals surface area contributed by atoms with E-state index in [1.807, 2.05) is 0 Å². The summed E-state index contributed by atoms with van der Waals surface area (Å²) in [6, 6.07) is 3.90. The molecule has 2 aromatic rings. The number of alkyl halides is 3. The molecule has 0 bridgehead atoms. The van der Waals surface area contributed by atoms with Crippen LogP contribution in [0.5, 0.6) is 0 Å². The van der Waals surface area contributed by atoms with Crippen molar-refractivity contribution in [3.63, 3.8) is 0 Å². The van der Waals surface area contributed by atoms with Gasteiger partial charge in [0.05, 0.1) is 16.3 Å². The van der Waals surface area contributed by atoms with Gasteiger partial charge in [-0.25, -0.2) is 8.78 Å². The van der Waals surface area contributed by atoms with Crippen LogP contribution in [0.15, 0.2) is 30.5 Å². The van der Waals surface area contributed by atoms with Gasteiger partial charge in [0.25, 0.3) is 0 Å². The molecule has 0 saturated carbocycles. The van der Waals surface area contributed by atoms with Crippen LogP contribution in [0.4, 0.5) is 22.0 Å². The Morgan fingerprint density at radius 2 is 1.87 bits per heavy atom. The van der Waals surface area contributed by atoms with Crippen LogP contribution in [0.25, 0.3) is 0 Å². The van der Waals surface area contributed by atoms with Gasteiger partial charge in [0.2, 0.25) is 0 Å². The normalized spacial score (nSPS) is 13.2. The first-order chi connectivity index (χ1) is 10.7. The van der Waals surface area contributed by atoms with Crippen molar-refractivity contribution in [2.24, 2.45) is 0 Å². The molecule has 1 aromatic carbocycles. The van der Waals surface area contributed by atoms with Gasteiger partial charge < -0.3 is 5.32 Å². The first kappa shape index (κ1) is 17.6. The molecule has 0 saturated heterocycles. The Bertz CT molecular complexity index is 703. The summed E-state index contributed by atoms with van der Waals surface area (Å²) in [4.78, 5) is 3.69. The lowest BCUT2D eigenvalue weighted by atomic mass is 10.1. The smallest absolute Gasteiger partial charge is 0.305 e. The van der Waals surface area contributed by atoms with Crippen molar-refractivity contribution in [3.8, 4) is 0 Å². The molecule has 1 N–H and O–H groups in total. The van der Waals surface area contributed by atoms with E-state index in [2.05, 4.69) is 10.3 Å². The number of benzene rings is 1. The van der Waals surface area contributed by atoms with Gasteiger partial charge in [-0.15, -0.1) is 0 Å². The van der Waals surface area contributed by atoms with Gasteiger partial charge in [-0.2, -0.15) is 13.2 Å². The highest BCUT2D eigenvalue weighted by Crippen LogP contribution is 2.31. The van der Waals surface area contributed by atoms with Gasteiger partial charge in [0.1, 0.15) is 0 Å². The van der Waals surface area contributed by atoms with Crippen molar-refractivity contribution in [1.82, 2.24) is 10.3 Å². The number of rotatable bonds is 4. The SMILES string of the molecule is CC(NCc1ncc(C(F)(F)F)cc1Cl)c1ccc(F)c(F)c1. The third-order valence-electron chi connectivity index (χ3n) is 3.26. The largest absolute Gasteiger partial charge is 0.417 e. The van der Waals surface area contributed by atoms with Crippen LogP contribution >= 0.6 is 11.6 Å². The lowest BCUT2D eigenvalue weighted by molar-refractivity contribution is -0.137. The van der Waals surface area contributed by atoms with Crippen molar-refractivity contribution < 1.29 is 22.0 Å². The average Bonchev–Trinajstić information content (AvgIpc) is 2.47. The highest BCUT2D eigenvalue weighted by atomic mass is 35.5. The second kappa shape index (κ2) is 6.80. The highest BCUT2D eigenvalue weighted by molar-refractivity contribution is 6.31. The van der Waals surface area contributed by atoms with Crippen molar-refractivity contribution in [2.45, 2.75) is 25.7 Å². The quantitative estimate of drug-likeness (QED) is 0.795. The van der Waals surface area contributed by atoms with Gasteiger partial charge in [0.15, 0.2) is 11.6 Å². The fourth-order valence-electron chi connectivity index (χ4n) is 1.90. The number of nitrogens with zero attached hydrogens (tertiary/aromatic N) is 1. The number of hydrogen-bond acceptors (Lipinski definition) is 2. The zero-order chi connectivity index (χ0) is 17.2. The van der Waals surface area contributed by atoms with Crippen LogP contribution < -0.4 is 5.32 Å². The van der Waals surface area contributed by atoms with E-state index in [4.69, 9.17) is 11.6 Å². The Labute approximate surface area is 134 Å². The van der Waals surface area contributed by atoms with E-state index in [0.717, 1.165) is 18.2 Å². The summed E-state index contributed by atoms with van der Waals surface area (Å²) in [5.74, 6) is -1.92. The van der Waals surface area contributed by atoms with E-state index in [-0.39, 0.29) is 23.3 Å². The maximum Gasteiger partial charge on any atom is 0.417 e. The number of hydrogen-bond donors (Lipinski definition) is 1. The number of pyridine rings is 1. The molecule has 0 radical (unpaired) electrons. The molecule has 8 heteroatoms. The van der Waals surface area contributed by atoms with E-state index in [0.29, 0.717) is 11.8 Å². The molecule has 0 spiro atoms. The van der Waals surface area contributed by atoms with Crippen molar-refractivity contribution in [1.29, 1.82) is 0 Å². The van der Waals surface area contributed by atoms with Crippen LogP contribution in [0.3, 0.4) is 0 Å². The number of halogens is 6. The highest BCUT2D eigenvalue weighted by Gasteiger charge is 2.31. The summed E-state index contributed by atoms with van der Waals surface area (Å²) in [6.07, 6.45) is -3.81. The summed E-state index contributed by atoms with van der Waals surface area (Å²) in [6.45, 7) is 1.78. The van der Waals surface area contributed by atoms with Crippen LogP contribution in [0.2, 0.25) is 5.02 Å². The van der Waals surface area contributed by atoms with Crippen LogP contribution in [-0.2, 0) is 12.7 Å². The molecule has 1 atom stereocenters. The predicted molar refractivity (Wildman–Crippen MR) is 75.9 cm³/mol. The minimum atomic E-state index is -4.51. The van der Waals surface area contributed by atoms with Gasteiger partial charge in [-0.1, -0.05) is 17.7 Å². The molecule has 0 fully saturated rings. The third-order valence-corrected chi connectivity index (χ3v) is 3.59. The van der Waals surface area contributed by atoms with Crippen LogP contribution in [-0.4, -0.2) is 4.98 Å². The van der Waals surface area contributed by atoms with Gasteiger partial charge in [-0.3, -0.25) is 4.98 Å². The van der Waals surface area contributed by atoms with Gasteiger partial charge >= 0.3 is 6.18 Å². The van der Waals surface area contributed by atoms with E-state index in [1.54, 1.807) is 6.92 Å². The Morgan fingerprint density at radius 3 is 2.43 bits per heavy atom. The Balaban J connectivity index is 2.07.